The Morgan fingerprint density at radius 2 is 1.84 bits per heavy atom. The van der Waals surface area contributed by atoms with Gasteiger partial charge in [-0.3, -0.25) is 4.98 Å². The highest BCUT2D eigenvalue weighted by molar-refractivity contribution is 5.65. The third kappa shape index (κ3) is 4.42. The van der Waals surface area contributed by atoms with E-state index in [-0.39, 0.29) is 18.4 Å². The van der Waals surface area contributed by atoms with Crippen LogP contribution in [0.15, 0.2) is 54.7 Å². The summed E-state index contributed by atoms with van der Waals surface area (Å²) >= 11 is 0. The minimum atomic E-state index is -0.180. The molecule has 2 heterocycles. The lowest BCUT2D eigenvalue weighted by atomic mass is 10.2. The molecular formula is C18H19N5O2. The van der Waals surface area contributed by atoms with E-state index in [9.17, 15) is 10.2 Å². The molecule has 0 aliphatic rings. The van der Waals surface area contributed by atoms with Crippen molar-refractivity contribution in [3.05, 3.63) is 54.7 Å². The van der Waals surface area contributed by atoms with Gasteiger partial charge in [-0.25, -0.2) is 4.98 Å². The van der Waals surface area contributed by atoms with Crippen molar-refractivity contribution in [3.63, 3.8) is 0 Å². The van der Waals surface area contributed by atoms with Crippen molar-refractivity contribution in [2.75, 3.05) is 17.2 Å². The number of aromatic hydroxyl groups is 1. The summed E-state index contributed by atoms with van der Waals surface area (Å²) in [6.45, 7) is 1.81. The Hall–Kier alpha value is -3.19. The number of pyridine rings is 1. The Labute approximate surface area is 145 Å². The molecule has 0 aliphatic heterocycles. The van der Waals surface area contributed by atoms with Gasteiger partial charge < -0.3 is 20.8 Å². The van der Waals surface area contributed by atoms with Gasteiger partial charge in [-0.1, -0.05) is 6.07 Å². The van der Waals surface area contributed by atoms with Crippen LogP contribution in [0.4, 0.5) is 17.5 Å². The lowest BCUT2D eigenvalue weighted by Crippen LogP contribution is -2.21. The van der Waals surface area contributed by atoms with Gasteiger partial charge in [-0.05, 0) is 43.3 Å². The molecule has 3 aromatic rings. The SMILES string of the molecule is C[C@@H](CO)Nc1nc(Nc2ccc(O)cc2)cc(-c2ccccn2)n1. The molecule has 7 heteroatoms. The summed E-state index contributed by atoms with van der Waals surface area (Å²) < 4.78 is 0. The average molecular weight is 337 g/mol. The predicted octanol–water partition coefficient (Wildman–Crippen LogP) is 2.78. The quantitative estimate of drug-likeness (QED) is 0.513. The molecule has 25 heavy (non-hydrogen) atoms. The van der Waals surface area contributed by atoms with Crippen molar-refractivity contribution in [1.29, 1.82) is 0 Å². The number of phenolic OH excluding ortho intramolecular Hbond substituents is 1. The lowest BCUT2D eigenvalue weighted by molar-refractivity contribution is 0.281. The lowest BCUT2D eigenvalue weighted by Gasteiger charge is -2.14. The number of nitrogens with zero attached hydrogens (tertiary/aromatic N) is 3. The number of phenols is 1. The second-order valence-electron chi connectivity index (χ2n) is 5.58. The van der Waals surface area contributed by atoms with Crippen LogP contribution in [0.25, 0.3) is 11.4 Å². The van der Waals surface area contributed by atoms with E-state index in [2.05, 4.69) is 25.6 Å². The molecule has 0 unspecified atom stereocenters. The maximum Gasteiger partial charge on any atom is 0.225 e. The molecule has 1 aromatic carbocycles. The van der Waals surface area contributed by atoms with Crippen LogP contribution in [0.3, 0.4) is 0 Å². The Bertz CT molecular complexity index is 825. The van der Waals surface area contributed by atoms with Gasteiger partial charge >= 0.3 is 0 Å². The Balaban J connectivity index is 1.95. The molecule has 0 saturated carbocycles. The predicted molar refractivity (Wildman–Crippen MR) is 96.8 cm³/mol. The number of aliphatic hydroxyl groups excluding tert-OH is 1. The van der Waals surface area contributed by atoms with E-state index in [0.717, 1.165) is 11.4 Å². The van der Waals surface area contributed by atoms with Gasteiger partial charge in [-0.15, -0.1) is 0 Å². The largest absolute Gasteiger partial charge is 0.508 e. The van der Waals surface area contributed by atoms with Crippen molar-refractivity contribution < 1.29 is 10.2 Å². The molecule has 128 valence electrons. The molecule has 1 atom stereocenters. The van der Waals surface area contributed by atoms with Gasteiger partial charge in [0.25, 0.3) is 0 Å². The normalized spacial score (nSPS) is 11.8. The van der Waals surface area contributed by atoms with Gasteiger partial charge in [0.2, 0.25) is 5.95 Å². The van der Waals surface area contributed by atoms with Crippen LogP contribution >= 0.6 is 0 Å². The molecule has 4 N–H and O–H groups in total. The Kier molecular flexibility index (Phi) is 5.06. The summed E-state index contributed by atoms with van der Waals surface area (Å²) in [5.41, 5.74) is 2.16. The van der Waals surface area contributed by atoms with Crippen LogP contribution in [-0.4, -0.2) is 37.8 Å². The first kappa shape index (κ1) is 16.7. The first-order valence-electron chi connectivity index (χ1n) is 7.88. The topological polar surface area (TPSA) is 103 Å². The second kappa shape index (κ2) is 7.59. The molecule has 0 radical (unpaired) electrons. The smallest absolute Gasteiger partial charge is 0.225 e. The zero-order valence-electron chi connectivity index (χ0n) is 13.7. The first-order chi connectivity index (χ1) is 12.1. The van der Waals surface area contributed by atoms with Crippen LogP contribution < -0.4 is 10.6 Å². The monoisotopic (exact) mass is 337 g/mol. The standard InChI is InChI=1S/C18H19N5O2/c1-12(11-24)20-18-22-16(15-4-2-3-9-19-15)10-17(23-18)21-13-5-7-14(25)8-6-13/h2-10,12,24-25H,11H2,1H3,(H2,20,21,22,23)/t12-/m0/s1. The van der Waals surface area contributed by atoms with E-state index >= 15 is 0 Å². The Morgan fingerprint density at radius 1 is 1.04 bits per heavy atom. The molecule has 7 nitrogen and oxygen atoms in total. The summed E-state index contributed by atoms with van der Waals surface area (Å²) in [6.07, 6.45) is 1.70. The highest BCUT2D eigenvalue weighted by atomic mass is 16.3. The maximum absolute atomic E-state index is 9.39. The van der Waals surface area contributed by atoms with Crippen molar-refractivity contribution in [1.82, 2.24) is 15.0 Å². The summed E-state index contributed by atoms with van der Waals surface area (Å²) in [6, 6.07) is 13.9. The summed E-state index contributed by atoms with van der Waals surface area (Å²) in [5, 5.41) is 24.9. The van der Waals surface area contributed by atoms with Gasteiger partial charge in [0.15, 0.2) is 0 Å². The van der Waals surface area contributed by atoms with E-state index in [1.165, 1.54) is 0 Å². The summed E-state index contributed by atoms with van der Waals surface area (Å²) in [7, 11) is 0. The van der Waals surface area contributed by atoms with E-state index < -0.39 is 0 Å². The molecule has 0 aliphatic carbocycles. The number of nitrogens with one attached hydrogen (secondary N) is 2. The molecule has 0 bridgehead atoms. The van der Waals surface area contributed by atoms with Crippen molar-refractivity contribution >= 4 is 17.5 Å². The molecule has 3 rings (SSSR count). The molecule has 2 aromatic heterocycles. The number of benzene rings is 1. The van der Waals surface area contributed by atoms with E-state index in [1.54, 1.807) is 36.5 Å². The van der Waals surface area contributed by atoms with Crippen LogP contribution in [0.1, 0.15) is 6.92 Å². The molecule has 0 fully saturated rings. The average Bonchev–Trinajstić information content (AvgIpc) is 2.64. The van der Waals surface area contributed by atoms with Crippen LogP contribution in [0.5, 0.6) is 5.75 Å². The number of hydrogen-bond donors (Lipinski definition) is 4. The molecular weight excluding hydrogens is 318 g/mol. The highest BCUT2D eigenvalue weighted by Crippen LogP contribution is 2.23. The minimum absolute atomic E-state index is 0.0299. The third-order valence-electron chi connectivity index (χ3n) is 3.44. The fourth-order valence-electron chi connectivity index (χ4n) is 2.18. The minimum Gasteiger partial charge on any atom is -0.508 e. The van der Waals surface area contributed by atoms with Crippen LogP contribution in [0.2, 0.25) is 0 Å². The zero-order chi connectivity index (χ0) is 17.6. The third-order valence-corrected chi connectivity index (χ3v) is 3.44. The summed E-state index contributed by atoms with van der Waals surface area (Å²) in [5.74, 6) is 1.17. The number of hydrogen-bond acceptors (Lipinski definition) is 7. The second-order valence-corrected chi connectivity index (χ2v) is 5.58. The fraction of sp³-hybridized carbons (Fsp3) is 0.167. The van der Waals surface area contributed by atoms with E-state index in [0.29, 0.717) is 17.5 Å². The van der Waals surface area contributed by atoms with Crippen molar-refractivity contribution in [3.8, 4) is 17.1 Å². The van der Waals surface area contributed by atoms with Crippen LogP contribution in [0, 0.1) is 0 Å². The summed E-state index contributed by atoms with van der Waals surface area (Å²) in [4.78, 5) is 13.2. The van der Waals surface area contributed by atoms with E-state index in [1.807, 2.05) is 25.1 Å². The molecule has 0 saturated heterocycles. The number of anilines is 3. The molecule has 0 spiro atoms. The highest BCUT2D eigenvalue weighted by Gasteiger charge is 2.10. The maximum atomic E-state index is 9.39. The van der Waals surface area contributed by atoms with Crippen molar-refractivity contribution in [2.24, 2.45) is 0 Å². The van der Waals surface area contributed by atoms with Gasteiger partial charge in [0.1, 0.15) is 11.6 Å². The van der Waals surface area contributed by atoms with Gasteiger partial charge in [0, 0.05) is 24.0 Å². The number of aliphatic hydroxyl groups is 1. The number of aromatic nitrogens is 3. The van der Waals surface area contributed by atoms with Crippen LogP contribution in [-0.2, 0) is 0 Å². The Morgan fingerprint density at radius 3 is 2.52 bits per heavy atom. The van der Waals surface area contributed by atoms with Gasteiger partial charge in [0.05, 0.1) is 18.0 Å². The van der Waals surface area contributed by atoms with Crippen molar-refractivity contribution in [2.45, 2.75) is 13.0 Å². The van der Waals surface area contributed by atoms with E-state index in [4.69, 9.17) is 0 Å². The fourth-order valence-corrected chi connectivity index (χ4v) is 2.18. The first-order valence-corrected chi connectivity index (χ1v) is 7.88. The van der Waals surface area contributed by atoms with Gasteiger partial charge in [-0.2, -0.15) is 4.98 Å². The number of rotatable bonds is 6. The zero-order valence-corrected chi connectivity index (χ0v) is 13.7. The molecule has 0 amide bonds.